The first-order valence-electron chi connectivity index (χ1n) is 7.26. The molecule has 1 aliphatic rings. The summed E-state index contributed by atoms with van der Waals surface area (Å²) >= 11 is 0. The molecule has 1 unspecified atom stereocenters. The van der Waals surface area contributed by atoms with Gasteiger partial charge in [-0.1, -0.05) is 24.6 Å². The van der Waals surface area contributed by atoms with Crippen molar-refractivity contribution in [2.75, 3.05) is 26.7 Å². The summed E-state index contributed by atoms with van der Waals surface area (Å²) in [7, 11) is 1.74. The van der Waals surface area contributed by atoms with Crippen molar-refractivity contribution in [3.63, 3.8) is 0 Å². The van der Waals surface area contributed by atoms with Gasteiger partial charge >= 0.3 is 0 Å². The predicted molar refractivity (Wildman–Crippen MR) is 79.6 cm³/mol. The van der Waals surface area contributed by atoms with Gasteiger partial charge in [-0.3, -0.25) is 4.90 Å². The van der Waals surface area contributed by atoms with Crippen LogP contribution in [-0.4, -0.2) is 37.2 Å². The van der Waals surface area contributed by atoms with Crippen molar-refractivity contribution in [1.82, 2.24) is 4.90 Å². The number of nitrogens with zero attached hydrogens (tertiary/aromatic N) is 1. The number of likely N-dealkylation sites (tertiary alicyclic amines) is 1. The third-order valence-corrected chi connectivity index (χ3v) is 4.32. The first-order valence-corrected chi connectivity index (χ1v) is 7.26. The lowest BCUT2D eigenvalue weighted by atomic mass is 9.88. The first-order chi connectivity index (χ1) is 9.19. The van der Waals surface area contributed by atoms with Crippen LogP contribution in [0.5, 0.6) is 5.75 Å². The van der Waals surface area contributed by atoms with Crippen molar-refractivity contribution in [2.24, 2.45) is 5.73 Å². The van der Waals surface area contributed by atoms with E-state index in [2.05, 4.69) is 24.0 Å². The summed E-state index contributed by atoms with van der Waals surface area (Å²) in [6.07, 6.45) is 4.89. The third kappa shape index (κ3) is 3.28. The molecule has 1 aromatic rings. The van der Waals surface area contributed by atoms with Crippen molar-refractivity contribution < 1.29 is 4.74 Å². The molecular weight excluding hydrogens is 236 g/mol. The molecule has 2 N–H and O–H groups in total. The van der Waals surface area contributed by atoms with Crippen LogP contribution in [0.4, 0.5) is 0 Å². The van der Waals surface area contributed by atoms with E-state index in [1.807, 2.05) is 12.1 Å². The van der Waals surface area contributed by atoms with E-state index in [0.29, 0.717) is 6.54 Å². The van der Waals surface area contributed by atoms with Crippen LogP contribution in [0.1, 0.15) is 31.7 Å². The Kier molecular flexibility index (Phi) is 4.83. The summed E-state index contributed by atoms with van der Waals surface area (Å²) in [5, 5.41) is 0. The fraction of sp³-hybridized carbons (Fsp3) is 0.625. The normalized spacial score (nSPS) is 19.9. The fourth-order valence-corrected chi connectivity index (χ4v) is 3.01. The second-order valence-corrected chi connectivity index (χ2v) is 5.74. The summed E-state index contributed by atoms with van der Waals surface area (Å²) in [5.41, 5.74) is 7.38. The molecule has 1 aromatic carbocycles. The number of benzene rings is 1. The van der Waals surface area contributed by atoms with Gasteiger partial charge in [-0.2, -0.15) is 0 Å². The Morgan fingerprint density at radius 1 is 1.21 bits per heavy atom. The van der Waals surface area contributed by atoms with Gasteiger partial charge in [0.1, 0.15) is 5.75 Å². The molecule has 0 amide bonds. The lowest BCUT2D eigenvalue weighted by Crippen LogP contribution is -2.54. The molecule has 1 atom stereocenters. The van der Waals surface area contributed by atoms with Crippen LogP contribution in [0.2, 0.25) is 0 Å². The lowest BCUT2D eigenvalue weighted by molar-refractivity contribution is 0.0865. The van der Waals surface area contributed by atoms with E-state index in [1.165, 1.54) is 37.9 Å². The lowest BCUT2D eigenvalue weighted by Gasteiger charge is -2.43. The molecule has 106 valence electrons. The van der Waals surface area contributed by atoms with E-state index in [-0.39, 0.29) is 5.54 Å². The van der Waals surface area contributed by atoms with Gasteiger partial charge in [-0.15, -0.1) is 0 Å². The molecule has 1 heterocycles. The zero-order valence-electron chi connectivity index (χ0n) is 12.2. The van der Waals surface area contributed by atoms with E-state index >= 15 is 0 Å². The minimum atomic E-state index is 0.0368. The molecule has 19 heavy (non-hydrogen) atoms. The molecule has 0 radical (unpaired) electrons. The Morgan fingerprint density at radius 3 is 2.53 bits per heavy atom. The van der Waals surface area contributed by atoms with E-state index in [1.54, 1.807) is 7.11 Å². The van der Waals surface area contributed by atoms with E-state index in [4.69, 9.17) is 10.5 Å². The third-order valence-electron chi connectivity index (χ3n) is 4.32. The number of ether oxygens (including phenoxy) is 1. The van der Waals surface area contributed by atoms with Crippen molar-refractivity contribution >= 4 is 0 Å². The highest BCUT2D eigenvalue weighted by Crippen LogP contribution is 2.28. The summed E-state index contributed by atoms with van der Waals surface area (Å²) < 4.78 is 5.46. The van der Waals surface area contributed by atoms with Crippen molar-refractivity contribution in [3.8, 4) is 5.75 Å². The van der Waals surface area contributed by atoms with Crippen LogP contribution in [0, 0.1) is 0 Å². The molecule has 3 heteroatoms. The molecule has 0 bridgehead atoms. The van der Waals surface area contributed by atoms with Crippen LogP contribution in [0.25, 0.3) is 0 Å². The number of hydrogen-bond donors (Lipinski definition) is 1. The van der Waals surface area contributed by atoms with Crippen LogP contribution in [-0.2, 0) is 6.42 Å². The van der Waals surface area contributed by atoms with Crippen LogP contribution >= 0.6 is 0 Å². The number of nitrogens with two attached hydrogens (primary N) is 1. The monoisotopic (exact) mass is 262 g/mol. The Balaban J connectivity index is 2.16. The molecule has 0 aliphatic carbocycles. The largest absolute Gasteiger partial charge is 0.496 e. The fourth-order valence-electron chi connectivity index (χ4n) is 3.01. The summed E-state index contributed by atoms with van der Waals surface area (Å²) in [4.78, 5) is 2.56. The van der Waals surface area contributed by atoms with Gasteiger partial charge in [0.05, 0.1) is 7.11 Å². The van der Waals surface area contributed by atoms with Gasteiger partial charge < -0.3 is 10.5 Å². The molecule has 1 fully saturated rings. The Labute approximate surface area is 116 Å². The molecule has 2 rings (SSSR count). The van der Waals surface area contributed by atoms with E-state index < -0.39 is 0 Å². The van der Waals surface area contributed by atoms with Gasteiger partial charge in [0.2, 0.25) is 0 Å². The predicted octanol–water partition coefficient (Wildman–Crippen LogP) is 2.44. The molecule has 0 saturated carbocycles. The smallest absolute Gasteiger partial charge is 0.122 e. The average Bonchev–Trinajstić information content (AvgIpc) is 2.48. The Bertz CT molecular complexity index is 401. The second kappa shape index (κ2) is 6.40. The van der Waals surface area contributed by atoms with Crippen molar-refractivity contribution in [2.45, 2.75) is 38.1 Å². The summed E-state index contributed by atoms with van der Waals surface area (Å²) in [6.45, 7) is 5.31. The highest BCUT2D eigenvalue weighted by molar-refractivity contribution is 5.34. The van der Waals surface area contributed by atoms with Gasteiger partial charge in [-0.05, 0) is 50.9 Å². The number of hydrogen-bond acceptors (Lipinski definition) is 3. The molecule has 0 aromatic heterocycles. The second-order valence-electron chi connectivity index (χ2n) is 5.74. The Morgan fingerprint density at radius 2 is 1.89 bits per heavy atom. The van der Waals surface area contributed by atoms with Gasteiger partial charge in [0.25, 0.3) is 0 Å². The quantitative estimate of drug-likeness (QED) is 0.886. The van der Waals surface area contributed by atoms with E-state index in [9.17, 15) is 0 Å². The molecule has 1 aliphatic heterocycles. The maximum absolute atomic E-state index is 6.09. The number of rotatable bonds is 5. The minimum Gasteiger partial charge on any atom is -0.496 e. The number of piperidine rings is 1. The molecule has 1 saturated heterocycles. The topological polar surface area (TPSA) is 38.5 Å². The summed E-state index contributed by atoms with van der Waals surface area (Å²) in [5.74, 6) is 0.971. The van der Waals surface area contributed by atoms with E-state index in [0.717, 1.165) is 12.2 Å². The van der Waals surface area contributed by atoms with Crippen LogP contribution in [0.15, 0.2) is 24.3 Å². The van der Waals surface area contributed by atoms with Crippen molar-refractivity contribution in [3.05, 3.63) is 29.8 Å². The molecule has 3 nitrogen and oxygen atoms in total. The highest BCUT2D eigenvalue weighted by Gasteiger charge is 2.32. The van der Waals surface area contributed by atoms with Crippen LogP contribution < -0.4 is 10.5 Å². The highest BCUT2D eigenvalue weighted by atomic mass is 16.5. The first kappa shape index (κ1) is 14.4. The van der Waals surface area contributed by atoms with Gasteiger partial charge in [-0.25, -0.2) is 0 Å². The Hall–Kier alpha value is -1.06. The van der Waals surface area contributed by atoms with Crippen LogP contribution in [0.3, 0.4) is 0 Å². The molecule has 0 spiro atoms. The number of para-hydroxylation sites is 1. The van der Waals surface area contributed by atoms with Crippen molar-refractivity contribution in [1.29, 1.82) is 0 Å². The zero-order chi connectivity index (χ0) is 13.7. The number of methoxy groups -OCH3 is 1. The summed E-state index contributed by atoms with van der Waals surface area (Å²) in [6, 6.07) is 8.27. The standard InChI is InChI=1S/C16H26N2O/c1-16(13-17,18-10-6-3-7-11-18)12-14-8-4-5-9-15(14)19-2/h4-5,8-9H,3,6-7,10-13,17H2,1-2H3. The maximum atomic E-state index is 6.09. The van der Waals surface area contributed by atoms with Gasteiger partial charge in [0, 0.05) is 12.1 Å². The average molecular weight is 262 g/mol. The molecular formula is C16H26N2O. The maximum Gasteiger partial charge on any atom is 0.122 e. The SMILES string of the molecule is COc1ccccc1CC(C)(CN)N1CCCCC1. The minimum absolute atomic E-state index is 0.0368. The zero-order valence-corrected chi connectivity index (χ0v) is 12.2. The van der Waals surface area contributed by atoms with Gasteiger partial charge in [0.15, 0.2) is 0 Å².